The molecule has 0 N–H and O–H groups in total. The van der Waals surface area contributed by atoms with E-state index in [1.165, 1.54) is 19.2 Å². The van der Waals surface area contributed by atoms with Crippen molar-refractivity contribution >= 4 is 28.4 Å². The van der Waals surface area contributed by atoms with Crippen LogP contribution >= 0.6 is 11.6 Å². The number of carbonyl (C=O) groups excluding carboxylic acids is 1. The van der Waals surface area contributed by atoms with Gasteiger partial charge in [0, 0.05) is 10.6 Å². The minimum Gasteiger partial charge on any atom is -0.465 e. The first-order chi connectivity index (χ1) is 7.10. The predicted octanol–water partition coefficient (Wildman–Crippen LogP) is 2.25. The van der Waals surface area contributed by atoms with Crippen LogP contribution in [0.25, 0.3) is 0 Å². The Kier molecular flexibility index (Phi) is 4.29. The van der Waals surface area contributed by atoms with Gasteiger partial charge >= 0.3 is 5.97 Å². The fourth-order valence-corrected chi connectivity index (χ4v) is 2.20. The van der Waals surface area contributed by atoms with Crippen molar-refractivity contribution in [2.45, 2.75) is 11.8 Å². The van der Waals surface area contributed by atoms with Gasteiger partial charge in [-0.15, -0.1) is 0 Å². The van der Waals surface area contributed by atoms with Crippen molar-refractivity contribution in [3.05, 3.63) is 28.8 Å². The maximum Gasteiger partial charge on any atom is 0.339 e. The van der Waals surface area contributed by atoms with Gasteiger partial charge in [0.15, 0.2) is 0 Å². The Morgan fingerprint density at radius 1 is 1.53 bits per heavy atom. The molecule has 3 nitrogen and oxygen atoms in total. The van der Waals surface area contributed by atoms with Crippen LogP contribution in [-0.4, -0.2) is 23.0 Å². The van der Waals surface area contributed by atoms with Crippen molar-refractivity contribution in [3.8, 4) is 0 Å². The van der Waals surface area contributed by atoms with Crippen LogP contribution in [0.3, 0.4) is 0 Å². The zero-order valence-corrected chi connectivity index (χ0v) is 10.0. The van der Waals surface area contributed by atoms with Gasteiger partial charge in [-0.2, -0.15) is 0 Å². The smallest absolute Gasteiger partial charge is 0.339 e. The molecule has 0 aliphatic carbocycles. The minimum absolute atomic E-state index is 0.265. The van der Waals surface area contributed by atoms with Crippen molar-refractivity contribution in [1.82, 2.24) is 0 Å². The molecule has 15 heavy (non-hydrogen) atoms. The Bertz CT molecular complexity index is 404. The molecule has 1 aromatic rings. The molecule has 0 fully saturated rings. The number of methoxy groups -OCH3 is 1. The molecule has 0 saturated carbocycles. The minimum atomic E-state index is -1.06. The van der Waals surface area contributed by atoms with E-state index < -0.39 is 16.8 Å². The number of halogens is 1. The molecule has 1 rings (SSSR count). The van der Waals surface area contributed by atoms with E-state index in [1.54, 1.807) is 6.07 Å². The van der Waals surface area contributed by atoms with Crippen molar-refractivity contribution in [3.63, 3.8) is 0 Å². The van der Waals surface area contributed by atoms with E-state index in [0.717, 1.165) is 0 Å². The van der Waals surface area contributed by atoms with Crippen molar-refractivity contribution in [2.24, 2.45) is 0 Å². The van der Waals surface area contributed by atoms with Crippen LogP contribution < -0.4 is 0 Å². The molecule has 0 amide bonds. The third kappa shape index (κ3) is 2.79. The highest BCUT2D eigenvalue weighted by Crippen LogP contribution is 2.20. The van der Waals surface area contributed by atoms with Crippen LogP contribution in [0.4, 0.5) is 0 Å². The van der Waals surface area contributed by atoms with Gasteiger partial charge in [0.25, 0.3) is 0 Å². The Hall–Kier alpha value is -0.870. The summed E-state index contributed by atoms with van der Waals surface area (Å²) < 4.78 is 16.0. The van der Waals surface area contributed by atoms with Crippen LogP contribution in [0.5, 0.6) is 0 Å². The molecular weight excluding hydrogens is 236 g/mol. The van der Waals surface area contributed by atoms with E-state index >= 15 is 0 Å². The van der Waals surface area contributed by atoms with Crippen molar-refractivity contribution < 1.29 is 13.7 Å². The number of esters is 1. The summed E-state index contributed by atoms with van der Waals surface area (Å²) in [5, 5.41) is 0.265. The van der Waals surface area contributed by atoms with E-state index in [9.17, 15) is 9.00 Å². The van der Waals surface area contributed by atoms with Crippen LogP contribution in [0.2, 0.25) is 5.02 Å². The Morgan fingerprint density at radius 2 is 2.20 bits per heavy atom. The number of benzene rings is 1. The summed E-state index contributed by atoms with van der Waals surface area (Å²) in [5.74, 6) is 0.0299. The quantitative estimate of drug-likeness (QED) is 0.769. The number of ether oxygens (including phenoxy) is 1. The average molecular weight is 247 g/mol. The van der Waals surface area contributed by atoms with E-state index in [-0.39, 0.29) is 10.6 Å². The molecule has 0 saturated heterocycles. The lowest BCUT2D eigenvalue weighted by atomic mass is 10.2. The lowest BCUT2D eigenvalue weighted by Crippen LogP contribution is -2.03. The Labute approximate surface area is 95.8 Å². The molecule has 5 heteroatoms. The zero-order valence-electron chi connectivity index (χ0n) is 8.45. The van der Waals surface area contributed by atoms with Gasteiger partial charge < -0.3 is 4.74 Å². The van der Waals surface area contributed by atoms with Crippen LogP contribution in [0.1, 0.15) is 17.3 Å². The molecule has 0 bridgehead atoms. The summed E-state index contributed by atoms with van der Waals surface area (Å²) in [6.45, 7) is 1.82. The standard InChI is InChI=1S/C10H11ClO3S/c1-3-15(13)7-4-5-8(9(11)6-7)10(12)14-2/h4-6H,3H2,1-2H3/t15-/m0/s1. The monoisotopic (exact) mass is 246 g/mol. The predicted molar refractivity (Wildman–Crippen MR) is 59.7 cm³/mol. The van der Waals surface area contributed by atoms with Gasteiger partial charge in [0.05, 0.1) is 28.5 Å². The fourth-order valence-electron chi connectivity index (χ4n) is 1.08. The van der Waals surface area contributed by atoms with E-state index in [2.05, 4.69) is 4.74 Å². The lowest BCUT2D eigenvalue weighted by molar-refractivity contribution is 0.0601. The molecule has 0 radical (unpaired) electrons. The summed E-state index contributed by atoms with van der Waals surface area (Å²) in [6.07, 6.45) is 0. The first kappa shape index (κ1) is 12.2. The molecule has 1 aromatic carbocycles. The fraction of sp³-hybridized carbons (Fsp3) is 0.300. The maximum atomic E-state index is 11.5. The summed E-state index contributed by atoms with van der Waals surface area (Å²) in [7, 11) is 0.228. The topological polar surface area (TPSA) is 43.4 Å². The van der Waals surface area contributed by atoms with Gasteiger partial charge in [0.1, 0.15) is 0 Å². The summed E-state index contributed by atoms with van der Waals surface area (Å²) in [4.78, 5) is 11.8. The second kappa shape index (κ2) is 5.28. The second-order valence-corrected chi connectivity index (χ2v) is 4.91. The number of carbonyl (C=O) groups is 1. The third-order valence-electron chi connectivity index (χ3n) is 1.87. The van der Waals surface area contributed by atoms with Crippen LogP contribution in [0.15, 0.2) is 23.1 Å². The van der Waals surface area contributed by atoms with Gasteiger partial charge in [0.2, 0.25) is 0 Å². The Balaban J connectivity index is 3.08. The van der Waals surface area contributed by atoms with E-state index in [0.29, 0.717) is 10.6 Å². The summed E-state index contributed by atoms with van der Waals surface area (Å²) in [5.41, 5.74) is 0.288. The van der Waals surface area contributed by atoms with Gasteiger partial charge in [-0.25, -0.2) is 4.79 Å². The molecule has 0 unspecified atom stereocenters. The molecule has 1 atom stereocenters. The van der Waals surface area contributed by atoms with Crippen molar-refractivity contribution in [1.29, 1.82) is 0 Å². The normalized spacial score (nSPS) is 12.2. The first-order valence-corrected chi connectivity index (χ1v) is 6.06. The van der Waals surface area contributed by atoms with E-state index in [4.69, 9.17) is 11.6 Å². The van der Waals surface area contributed by atoms with Gasteiger partial charge in [-0.05, 0) is 18.2 Å². The van der Waals surface area contributed by atoms with Crippen molar-refractivity contribution in [2.75, 3.05) is 12.9 Å². The molecule has 0 aliphatic rings. The summed E-state index contributed by atoms with van der Waals surface area (Å²) in [6, 6.07) is 4.68. The largest absolute Gasteiger partial charge is 0.465 e. The van der Waals surface area contributed by atoms with Gasteiger partial charge in [-0.1, -0.05) is 18.5 Å². The highest BCUT2D eigenvalue weighted by molar-refractivity contribution is 7.85. The second-order valence-electron chi connectivity index (χ2n) is 2.77. The molecule has 0 heterocycles. The molecule has 0 spiro atoms. The number of hydrogen-bond donors (Lipinski definition) is 0. The van der Waals surface area contributed by atoms with Gasteiger partial charge in [-0.3, -0.25) is 4.21 Å². The SMILES string of the molecule is CC[S@](=O)c1ccc(C(=O)OC)c(Cl)c1. The van der Waals surface area contributed by atoms with E-state index in [1.807, 2.05) is 6.92 Å². The zero-order chi connectivity index (χ0) is 11.4. The Morgan fingerprint density at radius 3 is 2.67 bits per heavy atom. The highest BCUT2D eigenvalue weighted by atomic mass is 35.5. The molecular formula is C10H11ClO3S. The average Bonchev–Trinajstić information content (AvgIpc) is 2.26. The number of hydrogen-bond acceptors (Lipinski definition) is 3. The molecule has 0 aliphatic heterocycles. The summed E-state index contributed by atoms with van der Waals surface area (Å²) >= 11 is 5.87. The highest BCUT2D eigenvalue weighted by Gasteiger charge is 2.12. The lowest BCUT2D eigenvalue weighted by Gasteiger charge is -2.04. The molecule has 82 valence electrons. The molecule has 0 aromatic heterocycles. The maximum absolute atomic E-state index is 11.5. The third-order valence-corrected chi connectivity index (χ3v) is 3.49. The number of rotatable bonds is 3. The van der Waals surface area contributed by atoms with Crippen LogP contribution in [0, 0.1) is 0 Å². The first-order valence-electron chi connectivity index (χ1n) is 4.36. The van der Waals surface area contributed by atoms with Crippen LogP contribution in [-0.2, 0) is 15.5 Å².